The highest BCUT2D eigenvalue weighted by Gasteiger charge is 2.32. The van der Waals surface area contributed by atoms with Crippen molar-refractivity contribution in [2.75, 3.05) is 24.1 Å². The lowest BCUT2D eigenvalue weighted by molar-refractivity contribution is 0.0235. The fourth-order valence-corrected chi connectivity index (χ4v) is 3.21. The molecule has 0 aromatic carbocycles. The molecule has 3 aromatic heterocycles. The predicted octanol–water partition coefficient (Wildman–Crippen LogP) is 2.17. The summed E-state index contributed by atoms with van der Waals surface area (Å²) in [5, 5.41) is 7.42. The Balaban J connectivity index is 1.47. The number of ether oxygens (including phenoxy) is 1. The van der Waals surface area contributed by atoms with Crippen LogP contribution >= 0.6 is 0 Å². The van der Waals surface area contributed by atoms with Crippen molar-refractivity contribution in [2.45, 2.75) is 45.3 Å². The molecule has 1 aliphatic rings. The molecule has 29 heavy (non-hydrogen) atoms. The minimum absolute atomic E-state index is 0.0116. The summed E-state index contributed by atoms with van der Waals surface area (Å²) in [7, 11) is 0. The number of anilines is 2. The zero-order chi connectivity index (χ0) is 20.6. The van der Waals surface area contributed by atoms with Crippen molar-refractivity contribution in [3.05, 3.63) is 18.4 Å². The summed E-state index contributed by atoms with van der Waals surface area (Å²) in [5.41, 5.74) is 5.48. The topological polar surface area (TPSA) is 137 Å². The Hall–Kier alpha value is -3.37. The number of carbonyl (C=O) groups is 1. The van der Waals surface area contributed by atoms with Gasteiger partial charge in [-0.1, -0.05) is 0 Å². The highest BCUT2D eigenvalue weighted by Crippen LogP contribution is 2.22. The van der Waals surface area contributed by atoms with Crippen LogP contribution in [-0.2, 0) is 4.74 Å². The van der Waals surface area contributed by atoms with Crippen LogP contribution in [0, 0.1) is 0 Å². The molecule has 11 heteroatoms. The molecule has 3 N–H and O–H groups in total. The lowest BCUT2D eigenvalue weighted by atomic mass is 10.2. The maximum absolute atomic E-state index is 12.4. The maximum atomic E-state index is 12.4. The van der Waals surface area contributed by atoms with Gasteiger partial charge in [-0.2, -0.15) is 19.5 Å². The van der Waals surface area contributed by atoms with Crippen molar-refractivity contribution in [3.63, 3.8) is 0 Å². The van der Waals surface area contributed by atoms with E-state index in [0.717, 1.165) is 12.8 Å². The number of nitrogen functional groups attached to an aromatic ring is 1. The predicted molar refractivity (Wildman–Crippen MR) is 105 cm³/mol. The molecule has 0 spiro atoms. The van der Waals surface area contributed by atoms with Crippen LogP contribution in [0.25, 0.3) is 17.4 Å². The fraction of sp³-hybridized carbons (Fsp3) is 0.500. The Morgan fingerprint density at radius 1 is 1.38 bits per heavy atom. The summed E-state index contributed by atoms with van der Waals surface area (Å²) in [4.78, 5) is 27.1. The van der Waals surface area contributed by atoms with E-state index in [9.17, 15) is 4.79 Å². The molecule has 1 atom stereocenters. The van der Waals surface area contributed by atoms with Gasteiger partial charge in [-0.3, -0.25) is 0 Å². The molecule has 0 radical (unpaired) electrons. The van der Waals surface area contributed by atoms with Gasteiger partial charge in [-0.05, 0) is 45.7 Å². The molecule has 0 bridgehead atoms. The highest BCUT2D eigenvalue weighted by atomic mass is 16.6. The minimum atomic E-state index is -0.528. The number of amides is 1. The summed E-state index contributed by atoms with van der Waals surface area (Å²) in [6.07, 6.45) is 3.03. The lowest BCUT2D eigenvalue weighted by Gasteiger charge is -2.28. The van der Waals surface area contributed by atoms with Crippen LogP contribution in [0.2, 0.25) is 0 Å². The number of nitrogens with two attached hydrogens (primary N) is 1. The first-order valence-corrected chi connectivity index (χ1v) is 9.48. The Kier molecular flexibility index (Phi) is 4.73. The fourth-order valence-electron chi connectivity index (χ4n) is 3.21. The first-order valence-electron chi connectivity index (χ1n) is 9.48. The van der Waals surface area contributed by atoms with Gasteiger partial charge in [0.2, 0.25) is 17.7 Å². The summed E-state index contributed by atoms with van der Waals surface area (Å²) in [5.74, 6) is 1.67. The van der Waals surface area contributed by atoms with Crippen molar-refractivity contribution < 1.29 is 13.9 Å². The molecule has 11 nitrogen and oxygen atoms in total. The molecule has 1 fully saturated rings. The molecule has 1 amide bonds. The number of rotatable bonds is 4. The maximum Gasteiger partial charge on any atom is 0.410 e. The van der Waals surface area contributed by atoms with E-state index in [1.807, 2.05) is 20.8 Å². The third-order valence-corrected chi connectivity index (χ3v) is 4.48. The monoisotopic (exact) mass is 400 g/mol. The van der Waals surface area contributed by atoms with Crippen LogP contribution < -0.4 is 11.1 Å². The Morgan fingerprint density at radius 3 is 2.93 bits per heavy atom. The first-order chi connectivity index (χ1) is 13.8. The Bertz CT molecular complexity index is 1010. The Labute approximate surface area is 167 Å². The number of furan rings is 1. The second-order valence-electron chi connectivity index (χ2n) is 7.88. The quantitative estimate of drug-likeness (QED) is 0.675. The van der Waals surface area contributed by atoms with E-state index in [2.05, 4.69) is 25.4 Å². The highest BCUT2D eigenvalue weighted by molar-refractivity contribution is 5.69. The molecular weight excluding hydrogens is 376 g/mol. The zero-order valence-electron chi connectivity index (χ0n) is 16.6. The molecule has 4 heterocycles. The average Bonchev–Trinajstić information content (AvgIpc) is 3.37. The van der Waals surface area contributed by atoms with Gasteiger partial charge in [0.15, 0.2) is 5.76 Å². The van der Waals surface area contributed by atoms with Crippen LogP contribution in [0.5, 0.6) is 0 Å². The van der Waals surface area contributed by atoms with E-state index < -0.39 is 5.60 Å². The van der Waals surface area contributed by atoms with Gasteiger partial charge in [0.1, 0.15) is 5.60 Å². The van der Waals surface area contributed by atoms with Crippen LogP contribution in [0.15, 0.2) is 22.8 Å². The molecule has 154 valence electrons. The molecule has 1 aliphatic heterocycles. The summed E-state index contributed by atoms with van der Waals surface area (Å²) < 4.78 is 12.2. The van der Waals surface area contributed by atoms with Gasteiger partial charge in [0.05, 0.1) is 12.3 Å². The van der Waals surface area contributed by atoms with Gasteiger partial charge < -0.3 is 25.1 Å². The normalized spacial score (nSPS) is 17.1. The SMILES string of the molecule is CC(C)(C)OC(=O)N1CCCC1CNc1nc(N)n2nc(-c3ccco3)nc2n1. The van der Waals surface area contributed by atoms with Crippen molar-refractivity contribution >= 4 is 23.8 Å². The minimum Gasteiger partial charge on any atom is -0.461 e. The third-order valence-electron chi connectivity index (χ3n) is 4.48. The van der Waals surface area contributed by atoms with Crippen LogP contribution in [0.1, 0.15) is 33.6 Å². The van der Waals surface area contributed by atoms with E-state index in [1.54, 1.807) is 23.3 Å². The van der Waals surface area contributed by atoms with Gasteiger partial charge in [0.25, 0.3) is 5.78 Å². The molecule has 0 aliphatic carbocycles. The van der Waals surface area contributed by atoms with E-state index in [0.29, 0.717) is 36.4 Å². The average molecular weight is 400 g/mol. The van der Waals surface area contributed by atoms with E-state index in [4.69, 9.17) is 14.9 Å². The van der Waals surface area contributed by atoms with Crippen LogP contribution in [0.4, 0.5) is 16.7 Å². The van der Waals surface area contributed by atoms with Crippen molar-refractivity contribution in [2.24, 2.45) is 0 Å². The van der Waals surface area contributed by atoms with Crippen LogP contribution in [-0.4, -0.2) is 60.3 Å². The third kappa shape index (κ3) is 4.08. The number of hydrogen-bond acceptors (Lipinski definition) is 9. The number of likely N-dealkylation sites (tertiary alicyclic amines) is 1. The first kappa shape index (κ1) is 19.0. The summed E-state index contributed by atoms with van der Waals surface area (Å²) >= 11 is 0. The standard InChI is InChI=1S/C18H24N8O3/c1-18(2,3)29-17(27)25-8-4-6-11(25)10-20-15-22-14(19)26-16(23-15)21-13(24-26)12-7-5-9-28-12/h5,7,9,11H,4,6,8,10H2,1-3H3,(H3,19,20,21,22,23,24). The number of carbonyl (C=O) groups excluding carboxylic acids is 1. The number of aromatic nitrogens is 5. The smallest absolute Gasteiger partial charge is 0.410 e. The van der Waals surface area contributed by atoms with Crippen molar-refractivity contribution in [1.29, 1.82) is 0 Å². The van der Waals surface area contributed by atoms with Gasteiger partial charge in [-0.25, -0.2) is 4.79 Å². The zero-order valence-corrected chi connectivity index (χ0v) is 16.6. The molecule has 3 aromatic rings. The van der Waals surface area contributed by atoms with Gasteiger partial charge in [0, 0.05) is 13.1 Å². The molecule has 1 unspecified atom stereocenters. The molecule has 1 saturated heterocycles. The summed E-state index contributed by atoms with van der Waals surface area (Å²) in [6.45, 7) is 6.72. The molecule has 4 rings (SSSR count). The van der Waals surface area contributed by atoms with Gasteiger partial charge in [-0.15, -0.1) is 5.10 Å². The van der Waals surface area contributed by atoms with Crippen LogP contribution in [0.3, 0.4) is 0 Å². The number of hydrogen-bond donors (Lipinski definition) is 2. The van der Waals surface area contributed by atoms with E-state index >= 15 is 0 Å². The van der Waals surface area contributed by atoms with E-state index in [1.165, 1.54) is 4.52 Å². The Morgan fingerprint density at radius 2 is 2.21 bits per heavy atom. The molecular formula is C18H24N8O3. The van der Waals surface area contributed by atoms with Crippen molar-refractivity contribution in [1.82, 2.24) is 29.5 Å². The second-order valence-corrected chi connectivity index (χ2v) is 7.88. The summed E-state index contributed by atoms with van der Waals surface area (Å²) in [6, 6.07) is 3.49. The molecule has 0 saturated carbocycles. The number of nitrogens with zero attached hydrogens (tertiary/aromatic N) is 6. The van der Waals surface area contributed by atoms with E-state index in [-0.39, 0.29) is 18.1 Å². The van der Waals surface area contributed by atoms with Gasteiger partial charge >= 0.3 is 6.09 Å². The van der Waals surface area contributed by atoms with Crippen molar-refractivity contribution in [3.8, 4) is 11.6 Å². The lowest BCUT2D eigenvalue weighted by Crippen LogP contribution is -2.42. The number of nitrogens with one attached hydrogen (secondary N) is 1. The second kappa shape index (κ2) is 7.22. The number of fused-ring (bicyclic) bond motifs is 1. The largest absolute Gasteiger partial charge is 0.461 e.